The molecule has 1 unspecified atom stereocenters. The van der Waals surface area contributed by atoms with Crippen LogP contribution in [0.4, 0.5) is 0 Å². The molecule has 0 aliphatic heterocycles. The second-order valence-corrected chi connectivity index (χ2v) is 7.94. The van der Waals surface area contributed by atoms with Gasteiger partial charge in [0.1, 0.15) is 5.76 Å². The first-order chi connectivity index (χ1) is 9.41. The van der Waals surface area contributed by atoms with Crippen LogP contribution in [0.3, 0.4) is 0 Å². The summed E-state index contributed by atoms with van der Waals surface area (Å²) < 4.78 is 6.63. The van der Waals surface area contributed by atoms with Gasteiger partial charge in [0.2, 0.25) is 0 Å². The Kier molecular flexibility index (Phi) is 5.36. The zero-order valence-corrected chi connectivity index (χ0v) is 14.8. The number of hydrogen-bond donors (Lipinski definition) is 1. The van der Waals surface area contributed by atoms with Crippen LogP contribution in [0, 0.1) is 17.3 Å². The van der Waals surface area contributed by atoms with Gasteiger partial charge in [-0.1, -0.05) is 27.7 Å². The van der Waals surface area contributed by atoms with Crippen LogP contribution in [0.15, 0.2) is 21.2 Å². The maximum absolute atomic E-state index is 5.80. The lowest BCUT2D eigenvalue weighted by atomic mass is 9.68. The van der Waals surface area contributed by atoms with Gasteiger partial charge in [0.05, 0.1) is 6.04 Å². The lowest BCUT2D eigenvalue weighted by molar-refractivity contribution is 0.127. The van der Waals surface area contributed by atoms with Gasteiger partial charge in [0.25, 0.3) is 0 Å². The molecule has 0 radical (unpaired) electrons. The first kappa shape index (κ1) is 16.1. The van der Waals surface area contributed by atoms with E-state index < -0.39 is 0 Å². The molecule has 1 aromatic heterocycles. The van der Waals surface area contributed by atoms with E-state index in [1.165, 1.54) is 25.7 Å². The molecule has 0 saturated heterocycles. The van der Waals surface area contributed by atoms with E-state index in [2.05, 4.69) is 55.0 Å². The van der Waals surface area contributed by atoms with E-state index in [1.54, 1.807) is 0 Å². The summed E-state index contributed by atoms with van der Waals surface area (Å²) in [4.78, 5) is 0. The fraction of sp³-hybridized carbons (Fsp3) is 0.765. The fourth-order valence-corrected chi connectivity index (χ4v) is 3.85. The van der Waals surface area contributed by atoms with Crippen LogP contribution < -0.4 is 5.32 Å². The molecule has 1 aromatic rings. The highest BCUT2D eigenvalue weighted by Gasteiger charge is 2.34. The zero-order valence-electron chi connectivity index (χ0n) is 13.2. The van der Waals surface area contributed by atoms with Crippen LogP contribution in [0.2, 0.25) is 0 Å². The summed E-state index contributed by atoms with van der Waals surface area (Å²) in [7, 11) is 0. The summed E-state index contributed by atoms with van der Waals surface area (Å²) in [5.41, 5.74) is 0.451. The molecule has 114 valence electrons. The highest BCUT2D eigenvalue weighted by molar-refractivity contribution is 9.10. The van der Waals surface area contributed by atoms with Crippen molar-refractivity contribution in [2.45, 2.75) is 59.4 Å². The predicted molar refractivity (Wildman–Crippen MR) is 87.7 cm³/mol. The second kappa shape index (κ2) is 6.65. The average Bonchev–Trinajstić information content (AvgIpc) is 2.81. The highest BCUT2D eigenvalue weighted by Crippen LogP contribution is 2.43. The maximum Gasteiger partial charge on any atom is 0.169 e. The second-order valence-electron chi connectivity index (χ2n) is 7.15. The van der Waals surface area contributed by atoms with Crippen LogP contribution >= 0.6 is 15.9 Å². The fourth-order valence-electron chi connectivity index (χ4n) is 3.53. The molecule has 1 fully saturated rings. The van der Waals surface area contributed by atoms with Gasteiger partial charge in [-0.15, -0.1) is 0 Å². The molecule has 3 heteroatoms. The Hall–Kier alpha value is -0.280. The van der Waals surface area contributed by atoms with Crippen LogP contribution in [0.5, 0.6) is 0 Å². The largest absolute Gasteiger partial charge is 0.453 e. The molecule has 0 aromatic carbocycles. The Balaban J connectivity index is 2.02. The molecule has 1 N–H and O–H groups in total. The van der Waals surface area contributed by atoms with Gasteiger partial charge < -0.3 is 9.73 Å². The van der Waals surface area contributed by atoms with Crippen molar-refractivity contribution in [3.8, 4) is 0 Å². The monoisotopic (exact) mass is 341 g/mol. The molecule has 0 amide bonds. The maximum atomic E-state index is 5.80. The summed E-state index contributed by atoms with van der Waals surface area (Å²) in [5, 5.41) is 3.62. The van der Waals surface area contributed by atoms with Crippen LogP contribution in [0.25, 0.3) is 0 Å². The van der Waals surface area contributed by atoms with Crippen molar-refractivity contribution in [3.05, 3.63) is 22.6 Å². The SMILES string of the molecule is CCNC(c1ccc(Br)o1)C1CCC(C(C)(C)C)CC1. The third kappa shape index (κ3) is 3.88. The van der Waals surface area contributed by atoms with Crippen molar-refractivity contribution in [2.24, 2.45) is 17.3 Å². The number of nitrogens with one attached hydrogen (secondary N) is 1. The molecule has 1 aliphatic rings. The van der Waals surface area contributed by atoms with Crippen molar-refractivity contribution in [3.63, 3.8) is 0 Å². The summed E-state index contributed by atoms with van der Waals surface area (Å²) in [5.74, 6) is 2.65. The molecule has 0 spiro atoms. The predicted octanol–water partition coefficient (Wildman–Crippen LogP) is 5.55. The quantitative estimate of drug-likeness (QED) is 0.776. The average molecular weight is 342 g/mol. The molecule has 1 saturated carbocycles. The minimum atomic E-state index is 0.368. The number of rotatable bonds is 4. The number of hydrogen-bond acceptors (Lipinski definition) is 2. The zero-order chi connectivity index (χ0) is 14.8. The Bertz CT molecular complexity index is 413. The van der Waals surface area contributed by atoms with Gasteiger partial charge in [0.15, 0.2) is 4.67 Å². The summed E-state index contributed by atoms with van der Waals surface area (Å²) >= 11 is 3.42. The molecule has 1 aliphatic carbocycles. The van der Waals surface area contributed by atoms with Crippen molar-refractivity contribution < 1.29 is 4.42 Å². The van der Waals surface area contributed by atoms with Crippen molar-refractivity contribution in [2.75, 3.05) is 6.54 Å². The first-order valence-electron chi connectivity index (χ1n) is 7.90. The molecule has 0 bridgehead atoms. The van der Waals surface area contributed by atoms with Gasteiger partial charge in [0, 0.05) is 0 Å². The van der Waals surface area contributed by atoms with Crippen LogP contribution in [0.1, 0.15) is 65.2 Å². The number of furan rings is 1. The minimum Gasteiger partial charge on any atom is -0.453 e. The highest BCUT2D eigenvalue weighted by atomic mass is 79.9. The molecule has 2 rings (SSSR count). The standard InChI is InChI=1S/C17H28BrNO/c1-5-19-16(14-10-11-15(18)20-14)12-6-8-13(9-7-12)17(2,3)4/h10-13,16,19H,5-9H2,1-4H3. The molecular weight excluding hydrogens is 314 g/mol. The lowest BCUT2D eigenvalue weighted by Gasteiger charge is -2.39. The van der Waals surface area contributed by atoms with E-state index in [0.717, 1.165) is 22.9 Å². The Morgan fingerprint density at radius 3 is 2.35 bits per heavy atom. The van der Waals surface area contributed by atoms with Crippen molar-refractivity contribution >= 4 is 15.9 Å². The molecule has 2 nitrogen and oxygen atoms in total. The summed E-state index contributed by atoms with van der Waals surface area (Å²) in [6.45, 7) is 10.3. The first-order valence-corrected chi connectivity index (χ1v) is 8.69. The van der Waals surface area contributed by atoms with Crippen molar-refractivity contribution in [1.29, 1.82) is 0 Å². The normalized spacial score (nSPS) is 25.6. The Labute approximate surface area is 131 Å². The van der Waals surface area contributed by atoms with E-state index >= 15 is 0 Å². The van der Waals surface area contributed by atoms with Gasteiger partial charge in [-0.3, -0.25) is 0 Å². The third-order valence-electron chi connectivity index (χ3n) is 4.79. The van der Waals surface area contributed by atoms with E-state index in [9.17, 15) is 0 Å². The molecule has 1 atom stereocenters. The Morgan fingerprint density at radius 2 is 1.90 bits per heavy atom. The van der Waals surface area contributed by atoms with Crippen molar-refractivity contribution in [1.82, 2.24) is 5.32 Å². The van der Waals surface area contributed by atoms with E-state index in [4.69, 9.17) is 4.42 Å². The van der Waals surface area contributed by atoms with Gasteiger partial charge in [-0.2, -0.15) is 0 Å². The lowest BCUT2D eigenvalue weighted by Crippen LogP contribution is -2.33. The summed E-state index contributed by atoms with van der Waals surface area (Å²) in [6.07, 6.45) is 5.30. The van der Waals surface area contributed by atoms with E-state index in [-0.39, 0.29) is 0 Å². The third-order valence-corrected chi connectivity index (χ3v) is 5.22. The number of halogens is 1. The van der Waals surface area contributed by atoms with Gasteiger partial charge in [-0.05, 0) is 77.5 Å². The molecule has 20 heavy (non-hydrogen) atoms. The Morgan fingerprint density at radius 1 is 1.25 bits per heavy atom. The topological polar surface area (TPSA) is 25.2 Å². The van der Waals surface area contributed by atoms with Gasteiger partial charge >= 0.3 is 0 Å². The smallest absolute Gasteiger partial charge is 0.169 e. The molecule has 1 heterocycles. The van der Waals surface area contributed by atoms with E-state index in [1.807, 2.05) is 6.07 Å². The van der Waals surface area contributed by atoms with Crippen LogP contribution in [-0.2, 0) is 0 Å². The molecular formula is C17H28BrNO. The van der Waals surface area contributed by atoms with Gasteiger partial charge in [-0.25, -0.2) is 0 Å². The summed E-state index contributed by atoms with van der Waals surface area (Å²) in [6, 6.07) is 4.47. The minimum absolute atomic E-state index is 0.368. The van der Waals surface area contributed by atoms with E-state index in [0.29, 0.717) is 17.4 Å². The van der Waals surface area contributed by atoms with Crippen LogP contribution in [-0.4, -0.2) is 6.54 Å².